The summed E-state index contributed by atoms with van der Waals surface area (Å²) < 4.78 is 5.25. The van der Waals surface area contributed by atoms with Gasteiger partial charge in [0.2, 0.25) is 0 Å². The molecule has 0 aliphatic rings. The molecule has 0 saturated heterocycles. The number of aromatic nitrogens is 2. The van der Waals surface area contributed by atoms with Crippen molar-refractivity contribution in [3.63, 3.8) is 0 Å². The van der Waals surface area contributed by atoms with Gasteiger partial charge in [-0.15, -0.1) is 11.3 Å². The number of thiophene rings is 1. The van der Waals surface area contributed by atoms with Gasteiger partial charge in [-0.3, -0.25) is 4.79 Å². The minimum atomic E-state index is -0.0987. The van der Waals surface area contributed by atoms with Crippen LogP contribution in [0.3, 0.4) is 0 Å². The summed E-state index contributed by atoms with van der Waals surface area (Å²) in [4.78, 5) is 21.0. The molecule has 6 heteroatoms. The van der Waals surface area contributed by atoms with Crippen LogP contribution < -0.4 is 10.3 Å². The van der Waals surface area contributed by atoms with Gasteiger partial charge in [0.25, 0.3) is 5.56 Å². The summed E-state index contributed by atoms with van der Waals surface area (Å²) in [5.41, 5.74) is 1.79. The maximum absolute atomic E-state index is 12.1. The summed E-state index contributed by atoms with van der Waals surface area (Å²) in [5.74, 6) is 1.23. The van der Waals surface area contributed by atoms with Crippen molar-refractivity contribution in [1.82, 2.24) is 9.97 Å². The third-order valence-corrected chi connectivity index (χ3v) is 4.88. The highest BCUT2D eigenvalue weighted by atomic mass is 35.5. The Labute approximate surface area is 130 Å². The molecule has 4 nitrogen and oxygen atoms in total. The molecule has 0 unspecified atom stereocenters. The molecule has 3 aromatic rings. The second-order valence-corrected chi connectivity index (χ2v) is 6.14. The third-order valence-electron chi connectivity index (χ3n) is 3.33. The number of rotatable bonds is 2. The van der Waals surface area contributed by atoms with Gasteiger partial charge in [0.1, 0.15) is 16.4 Å². The lowest BCUT2D eigenvalue weighted by atomic mass is 10.1. The first-order chi connectivity index (χ1) is 10.0. The van der Waals surface area contributed by atoms with E-state index in [4.69, 9.17) is 16.3 Å². The van der Waals surface area contributed by atoms with Crippen LogP contribution >= 0.6 is 22.9 Å². The summed E-state index contributed by atoms with van der Waals surface area (Å²) in [6.07, 6.45) is 0. The predicted molar refractivity (Wildman–Crippen MR) is 86.7 cm³/mol. The van der Waals surface area contributed by atoms with Gasteiger partial charge in [-0.05, 0) is 37.1 Å². The highest BCUT2D eigenvalue weighted by Gasteiger charge is 2.15. The van der Waals surface area contributed by atoms with Crippen LogP contribution in [0.5, 0.6) is 5.75 Å². The average Bonchev–Trinajstić information content (AvgIpc) is 2.76. The van der Waals surface area contributed by atoms with E-state index in [-0.39, 0.29) is 5.56 Å². The van der Waals surface area contributed by atoms with Crippen LogP contribution in [0.2, 0.25) is 5.02 Å². The van der Waals surface area contributed by atoms with Crippen LogP contribution in [0.25, 0.3) is 20.7 Å². The number of methoxy groups -OCH3 is 1. The maximum Gasteiger partial charge on any atom is 0.259 e. The molecule has 0 aliphatic carbocycles. The minimum Gasteiger partial charge on any atom is -0.495 e. The molecule has 1 N–H and O–H groups in total. The van der Waals surface area contributed by atoms with E-state index in [9.17, 15) is 4.79 Å². The molecule has 0 amide bonds. The molecule has 21 heavy (non-hydrogen) atoms. The van der Waals surface area contributed by atoms with Gasteiger partial charge in [-0.2, -0.15) is 0 Å². The van der Waals surface area contributed by atoms with Crippen molar-refractivity contribution in [2.45, 2.75) is 13.8 Å². The molecule has 0 atom stereocenters. The Bertz CT molecular complexity index is 899. The number of benzene rings is 1. The lowest BCUT2D eigenvalue weighted by molar-refractivity contribution is 0.415. The molecule has 108 valence electrons. The second-order valence-electron chi connectivity index (χ2n) is 4.74. The van der Waals surface area contributed by atoms with Crippen molar-refractivity contribution in [2.75, 3.05) is 7.11 Å². The van der Waals surface area contributed by atoms with Gasteiger partial charge in [-0.1, -0.05) is 17.7 Å². The van der Waals surface area contributed by atoms with Crippen molar-refractivity contribution < 1.29 is 4.74 Å². The molecular formula is C15H13ClN2O2S. The fourth-order valence-corrected chi connectivity index (χ4v) is 3.75. The van der Waals surface area contributed by atoms with Crippen molar-refractivity contribution >= 4 is 33.2 Å². The average molecular weight is 321 g/mol. The second kappa shape index (κ2) is 5.16. The van der Waals surface area contributed by atoms with E-state index in [1.54, 1.807) is 20.1 Å². The zero-order valence-electron chi connectivity index (χ0n) is 11.8. The fourth-order valence-electron chi connectivity index (χ4n) is 2.33. The number of halogens is 1. The minimum absolute atomic E-state index is 0.0987. The molecule has 0 radical (unpaired) electrons. The predicted octanol–water partition coefficient (Wildman–Crippen LogP) is 3.93. The largest absolute Gasteiger partial charge is 0.495 e. The Hall–Kier alpha value is -1.85. The number of nitrogens with one attached hydrogen (secondary N) is 1. The van der Waals surface area contributed by atoms with E-state index in [0.717, 1.165) is 20.8 Å². The molecule has 3 rings (SSSR count). The molecular weight excluding hydrogens is 308 g/mol. The van der Waals surface area contributed by atoms with Crippen LogP contribution in [-0.4, -0.2) is 17.1 Å². The Morgan fingerprint density at radius 2 is 2.10 bits per heavy atom. The van der Waals surface area contributed by atoms with Gasteiger partial charge in [0.05, 0.1) is 17.5 Å². The first-order valence-electron chi connectivity index (χ1n) is 6.35. The first kappa shape index (κ1) is 14.1. The highest BCUT2D eigenvalue weighted by molar-refractivity contribution is 7.22. The molecule has 2 heterocycles. The quantitative estimate of drug-likeness (QED) is 0.778. The summed E-state index contributed by atoms with van der Waals surface area (Å²) in [5, 5.41) is 1.21. The summed E-state index contributed by atoms with van der Waals surface area (Å²) in [6, 6.07) is 5.59. The lowest BCUT2D eigenvalue weighted by Crippen LogP contribution is -2.08. The van der Waals surface area contributed by atoms with E-state index in [2.05, 4.69) is 9.97 Å². The Balaban J connectivity index is 2.28. The standard InChI is InChI=1S/C15H13ClN2O2S/c1-7-12-14(19)17-8(2)18-15(12)21-13(7)9-4-5-10(16)11(6-9)20-3/h4-6H,1-3H3,(H,17,18,19). The number of nitrogens with zero attached hydrogens (tertiary/aromatic N) is 1. The van der Waals surface area contributed by atoms with Crippen LogP contribution in [0.1, 0.15) is 11.4 Å². The smallest absolute Gasteiger partial charge is 0.259 e. The number of hydrogen-bond acceptors (Lipinski definition) is 4. The van der Waals surface area contributed by atoms with Crippen molar-refractivity contribution in [2.24, 2.45) is 0 Å². The molecule has 2 aromatic heterocycles. The number of hydrogen-bond donors (Lipinski definition) is 1. The van der Waals surface area contributed by atoms with Crippen molar-refractivity contribution in [3.05, 3.63) is 45.0 Å². The van der Waals surface area contributed by atoms with Crippen LogP contribution in [0.15, 0.2) is 23.0 Å². The topological polar surface area (TPSA) is 55.0 Å². The van der Waals surface area contributed by atoms with Gasteiger partial charge < -0.3 is 9.72 Å². The Kier molecular flexibility index (Phi) is 3.47. The number of H-pyrrole nitrogens is 1. The van der Waals surface area contributed by atoms with Gasteiger partial charge >= 0.3 is 0 Å². The molecule has 1 aromatic carbocycles. The summed E-state index contributed by atoms with van der Waals surface area (Å²) >= 11 is 7.56. The van der Waals surface area contributed by atoms with E-state index in [0.29, 0.717) is 22.0 Å². The molecule has 0 fully saturated rings. The lowest BCUT2D eigenvalue weighted by Gasteiger charge is -2.05. The Morgan fingerprint density at radius 3 is 2.81 bits per heavy atom. The van der Waals surface area contributed by atoms with Crippen molar-refractivity contribution in [1.29, 1.82) is 0 Å². The number of fused-ring (bicyclic) bond motifs is 1. The normalized spacial score (nSPS) is 11.0. The molecule has 0 aliphatic heterocycles. The number of ether oxygens (including phenoxy) is 1. The van der Waals surface area contributed by atoms with Crippen LogP contribution in [0.4, 0.5) is 0 Å². The van der Waals surface area contributed by atoms with E-state index < -0.39 is 0 Å². The molecule has 0 spiro atoms. The van der Waals surface area contributed by atoms with Crippen molar-refractivity contribution in [3.8, 4) is 16.2 Å². The van der Waals surface area contributed by atoms with Gasteiger partial charge in [-0.25, -0.2) is 4.98 Å². The Morgan fingerprint density at radius 1 is 1.33 bits per heavy atom. The van der Waals surface area contributed by atoms with E-state index in [1.165, 1.54) is 11.3 Å². The number of aromatic amines is 1. The maximum atomic E-state index is 12.1. The monoisotopic (exact) mass is 320 g/mol. The van der Waals surface area contributed by atoms with Gasteiger partial charge in [0, 0.05) is 4.88 Å². The van der Waals surface area contributed by atoms with E-state index >= 15 is 0 Å². The first-order valence-corrected chi connectivity index (χ1v) is 7.54. The van der Waals surface area contributed by atoms with Gasteiger partial charge in [0.15, 0.2) is 0 Å². The SMILES string of the molecule is COc1cc(-c2sc3nc(C)[nH]c(=O)c3c2C)ccc1Cl. The van der Waals surface area contributed by atoms with Crippen LogP contribution in [-0.2, 0) is 0 Å². The molecule has 0 saturated carbocycles. The zero-order chi connectivity index (χ0) is 15.1. The number of aryl methyl sites for hydroxylation is 2. The summed E-state index contributed by atoms with van der Waals surface area (Å²) in [6.45, 7) is 3.71. The zero-order valence-corrected chi connectivity index (χ0v) is 13.4. The fraction of sp³-hybridized carbons (Fsp3) is 0.200. The third kappa shape index (κ3) is 2.32. The molecule has 0 bridgehead atoms. The summed E-state index contributed by atoms with van der Waals surface area (Å²) in [7, 11) is 1.58. The van der Waals surface area contributed by atoms with E-state index in [1.807, 2.05) is 19.1 Å². The van der Waals surface area contributed by atoms with Crippen LogP contribution in [0, 0.1) is 13.8 Å². The highest BCUT2D eigenvalue weighted by Crippen LogP contribution is 2.38.